The molecule has 1 nitrogen and oxygen atoms in total. The Labute approximate surface area is 219 Å². The summed E-state index contributed by atoms with van der Waals surface area (Å²) in [6.45, 7) is 25.4. The molecule has 190 valence electrons. The third-order valence-electron chi connectivity index (χ3n) is 7.41. The van der Waals surface area contributed by atoms with Crippen LogP contribution in [0.5, 0.6) is 0 Å². The number of hydrogen-bond donors (Lipinski definition) is 0. The number of nitrogens with zero attached hydrogens (tertiary/aromatic N) is 1. The zero-order valence-electron chi connectivity index (χ0n) is 24.4. The van der Waals surface area contributed by atoms with Crippen LogP contribution in [0.2, 0.25) is 0 Å². The molecule has 0 saturated heterocycles. The topological polar surface area (TPSA) is 12.9 Å². The van der Waals surface area contributed by atoms with E-state index in [0.29, 0.717) is 5.92 Å². The van der Waals surface area contributed by atoms with Crippen LogP contribution < -0.4 is 0 Å². The van der Waals surface area contributed by atoms with Crippen LogP contribution in [-0.2, 0) is 22.7 Å². The van der Waals surface area contributed by atoms with Gasteiger partial charge in [-0.05, 0) is 66.8 Å². The lowest BCUT2D eigenvalue weighted by molar-refractivity contribution is 0.588. The van der Waals surface area contributed by atoms with Crippen molar-refractivity contribution in [2.45, 2.75) is 105 Å². The summed E-state index contributed by atoms with van der Waals surface area (Å²) in [5.74, 6) is 0.463. The first-order valence-electron chi connectivity index (χ1n) is 13.6. The van der Waals surface area contributed by atoms with Gasteiger partial charge in [-0.1, -0.05) is 125 Å². The van der Waals surface area contributed by atoms with E-state index in [0.717, 1.165) is 17.6 Å². The molecule has 0 radical (unpaired) electrons. The van der Waals surface area contributed by atoms with Gasteiger partial charge < -0.3 is 0 Å². The van der Waals surface area contributed by atoms with Crippen molar-refractivity contribution in [3.63, 3.8) is 0 Å². The van der Waals surface area contributed by atoms with Crippen LogP contribution in [0.4, 0.5) is 0 Å². The third kappa shape index (κ3) is 5.08. The van der Waals surface area contributed by atoms with E-state index in [1.807, 2.05) is 0 Å². The maximum absolute atomic E-state index is 5.34. The molecule has 0 amide bonds. The maximum Gasteiger partial charge on any atom is 0.0745 e. The summed E-state index contributed by atoms with van der Waals surface area (Å²) < 4.78 is 0. The van der Waals surface area contributed by atoms with Gasteiger partial charge in [0.25, 0.3) is 0 Å². The number of pyridine rings is 1. The highest BCUT2D eigenvalue weighted by molar-refractivity contribution is 5.91. The summed E-state index contributed by atoms with van der Waals surface area (Å²) in [4.78, 5) is 5.34. The van der Waals surface area contributed by atoms with Crippen molar-refractivity contribution in [1.29, 1.82) is 0 Å². The van der Waals surface area contributed by atoms with E-state index < -0.39 is 0 Å². The third-order valence-corrected chi connectivity index (χ3v) is 7.41. The predicted molar refractivity (Wildman–Crippen MR) is 159 cm³/mol. The van der Waals surface area contributed by atoms with E-state index in [4.69, 9.17) is 4.98 Å². The second-order valence-corrected chi connectivity index (χ2v) is 14.0. The van der Waals surface area contributed by atoms with Crippen LogP contribution in [0.1, 0.15) is 116 Å². The first-order valence-corrected chi connectivity index (χ1v) is 13.6. The van der Waals surface area contributed by atoms with Gasteiger partial charge in [0, 0.05) is 17.5 Å². The molecule has 0 bridgehead atoms. The molecular formula is C35H45N. The van der Waals surface area contributed by atoms with E-state index in [1.165, 1.54) is 44.0 Å². The van der Waals surface area contributed by atoms with Crippen molar-refractivity contribution in [3.8, 4) is 0 Å². The number of fused-ring (bicyclic) bond motifs is 2. The molecule has 0 spiro atoms. The van der Waals surface area contributed by atoms with E-state index >= 15 is 0 Å². The molecule has 0 unspecified atom stereocenters. The molecule has 0 aliphatic carbocycles. The highest BCUT2D eigenvalue weighted by Gasteiger charge is 2.24. The summed E-state index contributed by atoms with van der Waals surface area (Å²) >= 11 is 0. The Morgan fingerprint density at radius 1 is 0.611 bits per heavy atom. The van der Waals surface area contributed by atoms with Gasteiger partial charge in [0.05, 0.1) is 5.52 Å². The monoisotopic (exact) mass is 479 g/mol. The molecule has 4 aromatic rings. The van der Waals surface area contributed by atoms with Crippen LogP contribution >= 0.6 is 0 Å². The molecule has 0 atom stereocenters. The molecular weight excluding hydrogens is 434 g/mol. The average molecular weight is 480 g/mol. The first kappa shape index (κ1) is 26.4. The Kier molecular flexibility index (Phi) is 6.61. The Hall–Kier alpha value is -2.67. The Morgan fingerprint density at radius 2 is 1.17 bits per heavy atom. The van der Waals surface area contributed by atoms with Gasteiger partial charge in [-0.25, -0.2) is 0 Å². The molecule has 0 fully saturated rings. The van der Waals surface area contributed by atoms with Crippen LogP contribution in [0.15, 0.2) is 54.6 Å². The second-order valence-electron chi connectivity index (χ2n) is 14.0. The molecule has 3 aromatic carbocycles. The molecule has 1 heteroatoms. The van der Waals surface area contributed by atoms with Crippen molar-refractivity contribution < 1.29 is 0 Å². The SMILES string of the molecule is CC(C)c1cc(Cc2cc(C(C)(C)C)c3cccc(C(C)(C)C)c3n2)cc2c(C(C)(C)C)cccc12. The van der Waals surface area contributed by atoms with Crippen LogP contribution in [0.3, 0.4) is 0 Å². The fourth-order valence-electron chi connectivity index (χ4n) is 5.54. The Balaban J connectivity index is 1.97. The molecule has 0 aliphatic heterocycles. The summed E-state index contributed by atoms with van der Waals surface area (Å²) in [6, 6.07) is 20.8. The number of benzene rings is 3. The number of para-hydroxylation sites is 1. The normalized spacial score (nSPS) is 13.2. The van der Waals surface area contributed by atoms with Crippen molar-refractivity contribution >= 4 is 21.7 Å². The fraction of sp³-hybridized carbons (Fsp3) is 0.457. The van der Waals surface area contributed by atoms with Gasteiger partial charge in [0.1, 0.15) is 0 Å². The van der Waals surface area contributed by atoms with E-state index in [1.54, 1.807) is 0 Å². The van der Waals surface area contributed by atoms with Crippen LogP contribution in [-0.4, -0.2) is 4.98 Å². The van der Waals surface area contributed by atoms with Gasteiger partial charge in [-0.2, -0.15) is 0 Å². The lowest BCUT2D eigenvalue weighted by Gasteiger charge is -2.26. The summed E-state index contributed by atoms with van der Waals surface area (Å²) in [5, 5.41) is 4.06. The minimum Gasteiger partial charge on any atom is -0.252 e. The zero-order chi connectivity index (χ0) is 26.6. The number of hydrogen-bond acceptors (Lipinski definition) is 1. The highest BCUT2D eigenvalue weighted by Crippen LogP contribution is 2.38. The van der Waals surface area contributed by atoms with Crippen molar-refractivity contribution in [3.05, 3.63) is 88.1 Å². The molecule has 0 saturated carbocycles. The van der Waals surface area contributed by atoms with Crippen LogP contribution in [0.25, 0.3) is 21.7 Å². The molecule has 1 aromatic heterocycles. The van der Waals surface area contributed by atoms with Crippen LogP contribution in [0, 0.1) is 0 Å². The van der Waals surface area contributed by atoms with Gasteiger partial charge in [0.2, 0.25) is 0 Å². The zero-order valence-corrected chi connectivity index (χ0v) is 24.4. The fourth-order valence-corrected chi connectivity index (χ4v) is 5.54. The molecule has 4 rings (SSSR count). The highest BCUT2D eigenvalue weighted by atomic mass is 14.7. The lowest BCUT2D eigenvalue weighted by Crippen LogP contribution is -2.17. The van der Waals surface area contributed by atoms with Gasteiger partial charge in [-0.15, -0.1) is 0 Å². The Morgan fingerprint density at radius 3 is 1.72 bits per heavy atom. The van der Waals surface area contributed by atoms with E-state index in [9.17, 15) is 0 Å². The second kappa shape index (κ2) is 9.02. The van der Waals surface area contributed by atoms with Crippen molar-refractivity contribution in [2.75, 3.05) is 0 Å². The van der Waals surface area contributed by atoms with Gasteiger partial charge in [0.15, 0.2) is 0 Å². The Bertz CT molecular complexity index is 1420. The average Bonchev–Trinajstić information content (AvgIpc) is 2.75. The summed E-state index contributed by atoms with van der Waals surface area (Å²) in [7, 11) is 0. The van der Waals surface area contributed by atoms with E-state index in [-0.39, 0.29) is 16.2 Å². The number of rotatable bonds is 3. The molecule has 1 heterocycles. The predicted octanol–water partition coefficient (Wildman–Crippen LogP) is 9.99. The smallest absolute Gasteiger partial charge is 0.0745 e. The molecule has 0 aliphatic rings. The minimum absolute atomic E-state index is 0.0374. The molecule has 0 N–H and O–H groups in total. The lowest BCUT2D eigenvalue weighted by atomic mass is 9.80. The van der Waals surface area contributed by atoms with Crippen molar-refractivity contribution in [1.82, 2.24) is 4.98 Å². The molecule has 36 heavy (non-hydrogen) atoms. The number of aromatic nitrogens is 1. The van der Waals surface area contributed by atoms with Gasteiger partial charge >= 0.3 is 0 Å². The van der Waals surface area contributed by atoms with E-state index in [2.05, 4.69) is 131 Å². The minimum atomic E-state index is 0.0374. The summed E-state index contributed by atoms with van der Waals surface area (Å²) in [5.41, 5.74) is 9.39. The van der Waals surface area contributed by atoms with Crippen molar-refractivity contribution in [2.24, 2.45) is 0 Å². The first-order chi connectivity index (χ1) is 16.6. The quantitative estimate of drug-likeness (QED) is 0.285. The maximum atomic E-state index is 5.34. The van der Waals surface area contributed by atoms with Gasteiger partial charge in [-0.3, -0.25) is 4.98 Å². The summed E-state index contributed by atoms with van der Waals surface area (Å²) in [6.07, 6.45) is 0.839. The largest absolute Gasteiger partial charge is 0.252 e. The standard InChI is InChI=1S/C35H45N/c1-22(2)27-19-23(20-28-25(27)14-12-16-29(28)33(3,4)5)18-24-21-31(35(9,10)11)26-15-13-17-30(32(26)36-24)34(6,7)8/h12-17,19-22H,18H2,1-11H3.